The zero-order valence-electron chi connectivity index (χ0n) is 13.3. The Morgan fingerprint density at radius 2 is 2.12 bits per heavy atom. The molecule has 1 aliphatic heterocycles. The normalized spacial score (nSPS) is 20.8. The highest BCUT2D eigenvalue weighted by Crippen LogP contribution is 2.18. The van der Waals surface area contributed by atoms with Crippen molar-refractivity contribution in [1.29, 1.82) is 5.26 Å². The van der Waals surface area contributed by atoms with Crippen LogP contribution >= 0.6 is 0 Å². The lowest BCUT2D eigenvalue weighted by Gasteiger charge is -2.21. The Hall–Kier alpha value is -2.02. The molecular formula is C15H18FN3O4S. The molecule has 2 atom stereocenters. The maximum Gasteiger partial charge on any atom is 0.251 e. The van der Waals surface area contributed by atoms with Crippen LogP contribution in [0.15, 0.2) is 18.2 Å². The van der Waals surface area contributed by atoms with E-state index < -0.39 is 33.7 Å². The number of benzene rings is 1. The van der Waals surface area contributed by atoms with Gasteiger partial charge in [0.1, 0.15) is 5.82 Å². The van der Waals surface area contributed by atoms with Gasteiger partial charge in [0.2, 0.25) is 10.0 Å². The third kappa shape index (κ3) is 4.29. The van der Waals surface area contributed by atoms with Gasteiger partial charge in [-0.05, 0) is 18.2 Å². The fourth-order valence-electron chi connectivity index (χ4n) is 2.38. The molecule has 7 nitrogen and oxygen atoms in total. The van der Waals surface area contributed by atoms with Gasteiger partial charge >= 0.3 is 0 Å². The molecule has 1 N–H and O–H groups in total. The molecule has 24 heavy (non-hydrogen) atoms. The predicted molar refractivity (Wildman–Crippen MR) is 84.2 cm³/mol. The van der Waals surface area contributed by atoms with E-state index in [4.69, 9.17) is 10.00 Å². The summed E-state index contributed by atoms with van der Waals surface area (Å²) in [7, 11) is -0.555. The fourth-order valence-corrected chi connectivity index (χ4v) is 3.55. The molecule has 0 unspecified atom stereocenters. The van der Waals surface area contributed by atoms with Crippen molar-refractivity contribution in [2.75, 3.05) is 33.1 Å². The summed E-state index contributed by atoms with van der Waals surface area (Å²) >= 11 is 0. The van der Waals surface area contributed by atoms with E-state index in [-0.39, 0.29) is 30.1 Å². The second kappa shape index (κ2) is 7.25. The largest absolute Gasteiger partial charge is 0.379 e. The Balaban J connectivity index is 2.11. The summed E-state index contributed by atoms with van der Waals surface area (Å²) in [6, 6.07) is 4.61. The van der Waals surface area contributed by atoms with Crippen LogP contribution in [0.5, 0.6) is 0 Å². The number of nitriles is 1. The molecule has 0 aromatic heterocycles. The van der Waals surface area contributed by atoms with Gasteiger partial charge in [0.15, 0.2) is 0 Å². The third-order valence-electron chi connectivity index (χ3n) is 3.78. The fraction of sp³-hybridized carbons (Fsp3) is 0.467. The van der Waals surface area contributed by atoms with Gasteiger partial charge in [-0.1, -0.05) is 0 Å². The van der Waals surface area contributed by atoms with Crippen LogP contribution in [0.2, 0.25) is 0 Å². The molecule has 130 valence electrons. The van der Waals surface area contributed by atoms with Crippen molar-refractivity contribution in [3.8, 4) is 6.07 Å². The maximum absolute atomic E-state index is 13.4. The Labute approximate surface area is 140 Å². The van der Waals surface area contributed by atoms with Crippen LogP contribution in [0.1, 0.15) is 15.9 Å². The highest BCUT2D eigenvalue weighted by atomic mass is 32.2. The zero-order valence-corrected chi connectivity index (χ0v) is 14.1. The molecule has 0 spiro atoms. The SMILES string of the molecule is CN(C)S(=O)(=O)C[C@@H]1COC[C@@H]1NC(=O)c1cc(F)cc(C#N)c1. The zero-order chi connectivity index (χ0) is 17.9. The Morgan fingerprint density at radius 1 is 1.42 bits per heavy atom. The summed E-state index contributed by atoms with van der Waals surface area (Å²) in [4.78, 5) is 12.3. The number of nitrogens with zero attached hydrogens (tertiary/aromatic N) is 2. The Morgan fingerprint density at radius 3 is 2.75 bits per heavy atom. The predicted octanol–water partition coefficient (Wildman–Crippen LogP) is 0.334. The first-order valence-electron chi connectivity index (χ1n) is 7.22. The Bertz CT molecular complexity index is 773. The van der Waals surface area contributed by atoms with E-state index in [1.807, 2.05) is 0 Å². The van der Waals surface area contributed by atoms with E-state index in [9.17, 15) is 17.6 Å². The number of carbonyl (C=O) groups is 1. The van der Waals surface area contributed by atoms with E-state index >= 15 is 0 Å². The number of sulfonamides is 1. The lowest BCUT2D eigenvalue weighted by Crippen LogP contribution is -2.43. The number of hydrogen-bond donors (Lipinski definition) is 1. The highest BCUT2D eigenvalue weighted by molar-refractivity contribution is 7.89. The number of nitrogens with one attached hydrogen (secondary N) is 1. The first kappa shape index (κ1) is 18.3. The number of hydrogen-bond acceptors (Lipinski definition) is 5. The first-order chi connectivity index (χ1) is 11.2. The van der Waals surface area contributed by atoms with Crippen LogP contribution < -0.4 is 5.32 Å². The number of halogens is 1. The van der Waals surface area contributed by atoms with Crippen molar-refractivity contribution in [1.82, 2.24) is 9.62 Å². The van der Waals surface area contributed by atoms with Gasteiger partial charge in [-0.25, -0.2) is 17.1 Å². The quantitative estimate of drug-likeness (QED) is 0.821. The van der Waals surface area contributed by atoms with Gasteiger partial charge in [0, 0.05) is 25.6 Å². The van der Waals surface area contributed by atoms with Crippen LogP contribution in [-0.2, 0) is 14.8 Å². The first-order valence-corrected chi connectivity index (χ1v) is 8.83. The molecule has 1 amide bonds. The van der Waals surface area contributed by atoms with E-state index in [1.54, 1.807) is 6.07 Å². The average molecular weight is 355 g/mol. The summed E-state index contributed by atoms with van der Waals surface area (Å²) in [6.45, 7) is 0.393. The Kier molecular flexibility index (Phi) is 5.54. The van der Waals surface area contributed by atoms with Crippen molar-refractivity contribution >= 4 is 15.9 Å². The minimum atomic E-state index is -3.43. The highest BCUT2D eigenvalue weighted by Gasteiger charge is 2.34. The van der Waals surface area contributed by atoms with Crippen molar-refractivity contribution in [3.05, 3.63) is 35.1 Å². The number of rotatable bonds is 5. The van der Waals surface area contributed by atoms with E-state index in [1.165, 1.54) is 20.2 Å². The van der Waals surface area contributed by atoms with Gasteiger partial charge in [-0.15, -0.1) is 0 Å². The lowest BCUT2D eigenvalue weighted by atomic mass is 10.0. The second-order valence-electron chi connectivity index (χ2n) is 5.78. The van der Waals surface area contributed by atoms with E-state index in [0.29, 0.717) is 0 Å². The summed E-state index contributed by atoms with van der Waals surface area (Å²) in [5.41, 5.74) is 0.0437. The van der Waals surface area contributed by atoms with Gasteiger partial charge in [-0.2, -0.15) is 5.26 Å². The van der Waals surface area contributed by atoms with E-state index in [0.717, 1.165) is 16.4 Å². The van der Waals surface area contributed by atoms with Crippen LogP contribution in [-0.4, -0.2) is 57.7 Å². The molecule has 0 saturated carbocycles. The summed E-state index contributed by atoms with van der Waals surface area (Å²) in [5.74, 6) is -1.81. The third-order valence-corrected chi connectivity index (χ3v) is 5.75. The van der Waals surface area contributed by atoms with Gasteiger partial charge in [0.25, 0.3) is 5.91 Å². The number of ether oxygens (including phenoxy) is 1. The minimum absolute atomic E-state index is 0.00710. The topological polar surface area (TPSA) is 99.5 Å². The van der Waals surface area contributed by atoms with Crippen LogP contribution in [0, 0.1) is 23.1 Å². The molecule has 1 heterocycles. The molecule has 1 saturated heterocycles. The van der Waals surface area contributed by atoms with E-state index in [2.05, 4.69) is 5.32 Å². The molecule has 2 rings (SSSR count). The van der Waals surface area contributed by atoms with Crippen molar-refractivity contribution < 1.29 is 22.3 Å². The monoisotopic (exact) mass is 355 g/mol. The summed E-state index contributed by atoms with van der Waals surface area (Å²) < 4.78 is 43.8. The molecule has 1 aromatic carbocycles. The lowest BCUT2D eigenvalue weighted by molar-refractivity contribution is 0.0925. The molecule has 0 aliphatic carbocycles. The summed E-state index contributed by atoms with van der Waals surface area (Å²) in [6.07, 6.45) is 0. The number of carbonyl (C=O) groups excluding carboxylic acids is 1. The molecular weight excluding hydrogens is 337 g/mol. The maximum atomic E-state index is 13.4. The van der Waals surface area contributed by atoms with Gasteiger partial charge < -0.3 is 10.1 Å². The molecule has 9 heteroatoms. The number of amides is 1. The molecule has 0 bridgehead atoms. The van der Waals surface area contributed by atoms with Crippen LogP contribution in [0.4, 0.5) is 4.39 Å². The molecule has 1 aromatic rings. The molecule has 1 aliphatic rings. The van der Waals surface area contributed by atoms with Crippen molar-refractivity contribution in [3.63, 3.8) is 0 Å². The van der Waals surface area contributed by atoms with Crippen molar-refractivity contribution in [2.45, 2.75) is 6.04 Å². The second-order valence-corrected chi connectivity index (χ2v) is 8.01. The minimum Gasteiger partial charge on any atom is -0.379 e. The van der Waals surface area contributed by atoms with Crippen LogP contribution in [0.3, 0.4) is 0 Å². The molecule has 0 radical (unpaired) electrons. The van der Waals surface area contributed by atoms with Gasteiger partial charge in [0.05, 0.1) is 36.6 Å². The standard InChI is InChI=1S/C15H18FN3O4S/c1-19(2)24(21,22)9-12-7-23-8-14(12)18-15(20)11-3-10(6-17)4-13(16)5-11/h3-5,12,14H,7-9H2,1-2H3,(H,18,20)/t12-,14-/m0/s1. The van der Waals surface area contributed by atoms with Crippen LogP contribution in [0.25, 0.3) is 0 Å². The molecule has 1 fully saturated rings. The van der Waals surface area contributed by atoms with Crippen molar-refractivity contribution in [2.24, 2.45) is 5.92 Å². The summed E-state index contributed by atoms with van der Waals surface area (Å²) in [5, 5.41) is 11.5. The average Bonchev–Trinajstić information content (AvgIpc) is 2.92. The smallest absolute Gasteiger partial charge is 0.251 e. The van der Waals surface area contributed by atoms with Gasteiger partial charge in [-0.3, -0.25) is 4.79 Å².